The lowest BCUT2D eigenvalue weighted by atomic mass is 9.37. The Hall–Kier alpha value is -2.33. The summed E-state index contributed by atoms with van der Waals surface area (Å²) in [7, 11) is 1.00. The topological polar surface area (TPSA) is 62.0 Å². The van der Waals surface area contributed by atoms with Crippen molar-refractivity contribution in [3.63, 3.8) is 0 Å². The van der Waals surface area contributed by atoms with Crippen molar-refractivity contribution in [2.45, 2.75) is 147 Å². The molecule has 0 spiro atoms. The lowest BCUT2D eigenvalue weighted by Gasteiger charge is -2.67. The zero-order valence-corrected chi connectivity index (χ0v) is 35.9. The molecule has 4 nitrogen and oxygen atoms in total. The van der Waals surface area contributed by atoms with Crippen LogP contribution in [0.4, 0.5) is 0 Å². The van der Waals surface area contributed by atoms with Crippen molar-refractivity contribution >= 4 is 17.8 Å². The van der Waals surface area contributed by atoms with Gasteiger partial charge in [0.25, 0.3) is 0 Å². The highest BCUT2D eigenvalue weighted by atomic mass is 16.2. The van der Waals surface area contributed by atoms with Crippen molar-refractivity contribution in [3.05, 3.63) is 58.7 Å². The summed E-state index contributed by atoms with van der Waals surface area (Å²) >= 11 is 0. The lowest BCUT2D eigenvalue weighted by Crippen LogP contribution is -2.60. The van der Waals surface area contributed by atoms with Gasteiger partial charge in [-0.05, 0) is 141 Å². The number of carbonyl (C=O) groups excluding carboxylic acids is 1. The molecule has 1 N–H and O–H groups in total. The molecule has 1 aromatic rings. The van der Waals surface area contributed by atoms with E-state index in [2.05, 4.69) is 86.6 Å². The second-order valence-corrected chi connectivity index (χ2v) is 19.8. The molecule has 5 aliphatic carbocycles. The molecule has 4 fully saturated rings. The maximum Gasteiger partial charge on any atom is 0.154 e. The second-order valence-electron chi connectivity index (χ2n) is 19.8. The van der Waals surface area contributed by atoms with Crippen LogP contribution in [0.1, 0.15) is 151 Å². The third kappa shape index (κ3) is 7.26. The Labute approximate surface area is 324 Å². The third-order valence-corrected chi connectivity index (χ3v) is 15.9. The quantitative estimate of drug-likeness (QED) is 0.271. The third-order valence-electron chi connectivity index (χ3n) is 15.9. The first-order valence-corrected chi connectivity index (χ1v) is 21.7. The molecule has 1 heterocycles. The Balaban J connectivity index is 0.00000131. The summed E-state index contributed by atoms with van der Waals surface area (Å²) in [6, 6.07) is 8.77. The Morgan fingerprint density at radius 2 is 1.57 bits per heavy atom. The van der Waals surface area contributed by atoms with E-state index >= 15 is 0 Å². The molecule has 1 aromatic carbocycles. The average molecular weight is 725 g/mol. The molecule has 10 atom stereocenters. The van der Waals surface area contributed by atoms with Crippen LogP contribution < -0.4 is 0 Å². The molecule has 4 saturated carbocycles. The number of aliphatic imine (C=N–C) groups is 2. The van der Waals surface area contributed by atoms with Crippen LogP contribution in [0.25, 0.3) is 0 Å². The molecular weight excluding hydrogens is 649 g/mol. The van der Waals surface area contributed by atoms with Gasteiger partial charge in [-0.25, -0.2) is 4.99 Å². The van der Waals surface area contributed by atoms with E-state index in [1.807, 2.05) is 13.8 Å². The SMILES string of the molecule is C=C1CC2(C3=NC(c4ccc(C)cc4)=NC3)CCC3C(CCC4C3(C)CCC3C(C)C(CC(C)CC(C)(C)C=O)CCC34C)C2=C1C(C)C.CC.CO. The van der Waals surface area contributed by atoms with Crippen LogP contribution in [0, 0.1) is 75.9 Å². The number of aryl methyl sites for hydroxylation is 1. The molecule has 0 bridgehead atoms. The van der Waals surface area contributed by atoms with Gasteiger partial charge in [0.05, 0.1) is 12.3 Å². The van der Waals surface area contributed by atoms with Gasteiger partial charge in [0.15, 0.2) is 5.84 Å². The lowest BCUT2D eigenvalue weighted by molar-refractivity contribution is -0.170. The van der Waals surface area contributed by atoms with E-state index in [-0.39, 0.29) is 10.8 Å². The smallest absolute Gasteiger partial charge is 0.154 e. The minimum atomic E-state index is -0.202. The fourth-order valence-corrected chi connectivity index (χ4v) is 13.9. The van der Waals surface area contributed by atoms with Crippen LogP contribution in [0.3, 0.4) is 0 Å². The van der Waals surface area contributed by atoms with Crippen LogP contribution in [0.15, 0.2) is 57.5 Å². The number of hydrogen-bond acceptors (Lipinski definition) is 4. The molecule has 0 amide bonds. The van der Waals surface area contributed by atoms with Crippen molar-refractivity contribution < 1.29 is 9.90 Å². The summed E-state index contributed by atoms with van der Waals surface area (Å²) in [5.41, 5.74) is 9.16. The van der Waals surface area contributed by atoms with E-state index in [9.17, 15) is 4.79 Å². The minimum absolute atomic E-state index is 0.0137. The minimum Gasteiger partial charge on any atom is -0.400 e. The number of aliphatic hydroxyl groups excluding tert-OH is 1. The number of carbonyl (C=O) groups is 1. The Morgan fingerprint density at radius 3 is 2.21 bits per heavy atom. The molecule has 0 radical (unpaired) electrons. The summed E-state index contributed by atoms with van der Waals surface area (Å²) in [6.07, 6.45) is 15.3. The highest BCUT2D eigenvalue weighted by Gasteiger charge is 2.65. The highest BCUT2D eigenvalue weighted by Crippen LogP contribution is 2.72. The molecule has 0 saturated heterocycles. The van der Waals surface area contributed by atoms with Gasteiger partial charge in [0, 0.05) is 23.5 Å². The van der Waals surface area contributed by atoms with Gasteiger partial charge in [-0.2, -0.15) is 0 Å². The Bertz CT molecular complexity index is 1580. The molecule has 53 heavy (non-hydrogen) atoms. The average Bonchev–Trinajstić information content (AvgIpc) is 3.75. The number of benzene rings is 1. The van der Waals surface area contributed by atoms with Crippen LogP contribution in [-0.4, -0.2) is 36.6 Å². The van der Waals surface area contributed by atoms with Crippen LogP contribution >= 0.6 is 0 Å². The molecule has 4 heteroatoms. The van der Waals surface area contributed by atoms with Crippen molar-refractivity contribution in [3.8, 4) is 0 Å². The molecule has 0 aromatic heterocycles. The van der Waals surface area contributed by atoms with Gasteiger partial charge in [0.1, 0.15) is 6.29 Å². The number of allylic oxidation sites excluding steroid dienone is 3. The summed E-state index contributed by atoms with van der Waals surface area (Å²) in [4.78, 5) is 22.2. The summed E-state index contributed by atoms with van der Waals surface area (Å²) < 4.78 is 0. The highest BCUT2D eigenvalue weighted by molar-refractivity contribution is 6.14. The van der Waals surface area contributed by atoms with Gasteiger partial charge in [0.2, 0.25) is 0 Å². The van der Waals surface area contributed by atoms with Crippen molar-refractivity contribution in [1.82, 2.24) is 0 Å². The normalized spacial score (nSPS) is 36.8. The van der Waals surface area contributed by atoms with Crippen molar-refractivity contribution in [2.75, 3.05) is 13.7 Å². The van der Waals surface area contributed by atoms with E-state index in [0.29, 0.717) is 28.6 Å². The van der Waals surface area contributed by atoms with E-state index in [1.54, 1.807) is 11.1 Å². The largest absolute Gasteiger partial charge is 0.400 e. The second kappa shape index (κ2) is 16.0. The first-order valence-electron chi connectivity index (χ1n) is 21.7. The maximum absolute atomic E-state index is 11.7. The van der Waals surface area contributed by atoms with Crippen molar-refractivity contribution in [1.29, 1.82) is 0 Å². The summed E-state index contributed by atoms with van der Waals surface area (Å²) in [6.45, 7) is 31.3. The molecule has 7 rings (SSSR count). The van der Waals surface area contributed by atoms with Crippen molar-refractivity contribution in [2.24, 2.45) is 79.0 Å². The van der Waals surface area contributed by atoms with Gasteiger partial charge in [-0.3, -0.25) is 4.99 Å². The zero-order valence-electron chi connectivity index (χ0n) is 35.9. The molecule has 6 aliphatic rings. The van der Waals surface area contributed by atoms with Crippen LogP contribution in [0.5, 0.6) is 0 Å². The van der Waals surface area contributed by atoms with E-state index < -0.39 is 0 Å². The molecular formula is C49H76N2O2. The number of fused-ring (bicyclic) bond motifs is 7. The Morgan fingerprint density at radius 1 is 0.943 bits per heavy atom. The fourth-order valence-electron chi connectivity index (χ4n) is 13.9. The maximum atomic E-state index is 11.7. The first kappa shape index (κ1) is 41.8. The molecule has 10 unspecified atom stereocenters. The number of nitrogens with zero attached hydrogens (tertiary/aromatic N) is 2. The van der Waals surface area contributed by atoms with E-state index in [1.165, 1.54) is 80.9 Å². The van der Waals surface area contributed by atoms with E-state index in [4.69, 9.17) is 21.7 Å². The fraction of sp³-hybridized carbons (Fsp3) is 0.735. The van der Waals surface area contributed by atoms with Crippen LogP contribution in [0.2, 0.25) is 0 Å². The van der Waals surface area contributed by atoms with Gasteiger partial charge in [-0.1, -0.05) is 117 Å². The number of rotatable bonds is 8. The van der Waals surface area contributed by atoms with Gasteiger partial charge < -0.3 is 9.90 Å². The molecule has 1 aliphatic heterocycles. The number of amidine groups is 1. The summed E-state index contributed by atoms with van der Waals surface area (Å²) in [5, 5.41) is 7.00. The number of aliphatic hydroxyl groups is 1. The predicted molar refractivity (Wildman–Crippen MR) is 226 cm³/mol. The monoisotopic (exact) mass is 725 g/mol. The summed E-state index contributed by atoms with van der Waals surface area (Å²) in [5.74, 6) is 6.66. The number of aldehydes is 1. The van der Waals surface area contributed by atoms with Gasteiger partial charge in [-0.15, -0.1) is 0 Å². The zero-order chi connectivity index (χ0) is 39.1. The van der Waals surface area contributed by atoms with E-state index in [0.717, 1.165) is 67.5 Å². The van der Waals surface area contributed by atoms with Crippen LogP contribution in [-0.2, 0) is 4.79 Å². The molecule has 294 valence electrons. The standard InChI is InChI=1S/C46H66N2O.C2H6.CH4O/c1-28(2)40-31(5)25-46(39-26-47-42(48-39)33-13-11-29(3)12-14-33)22-19-37-35(41(40)46)15-16-38-44(9)20-17-34(23-30(4)24-43(7,8)27-49)32(6)36(44)18-21-45(37,38)10;2*1-2/h11-14,27-28,30,32,34-38H,5,15-26H2,1-4,6-10H3;1-2H3;2H,1H3. The number of hydrogen-bond donors (Lipinski definition) is 1. The van der Waals surface area contributed by atoms with Gasteiger partial charge >= 0.3 is 0 Å². The Kier molecular flexibility index (Phi) is 12.7. The first-order chi connectivity index (χ1) is 25.1. The predicted octanol–water partition coefficient (Wildman–Crippen LogP) is 12.3.